The van der Waals surface area contributed by atoms with Crippen molar-refractivity contribution >= 4 is 21.7 Å². The number of ether oxygens (including phenoxy) is 1. The van der Waals surface area contributed by atoms with E-state index < -0.39 is 0 Å². The maximum atomic E-state index is 6.14. The highest BCUT2D eigenvalue weighted by Gasteiger charge is 2.21. The molecule has 0 atom stereocenters. The molecule has 0 saturated heterocycles. The molecule has 0 unspecified atom stereocenters. The number of methoxy groups -OCH3 is 1. The molecule has 1 aromatic carbocycles. The van der Waals surface area contributed by atoms with Gasteiger partial charge in [0.25, 0.3) is 0 Å². The average Bonchev–Trinajstić information content (AvgIpc) is 2.68. The Bertz CT molecular complexity index is 679. The summed E-state index contributed by atoms with van der Waals surface area (Å²) in [5, 5.41) is 4.25. The van der Waals surface area contributed by atoms with E-state index in [1.54, 1.807) is 11.8 Å². The number of fused-ring (bicyclic) bond motifs is 1. The highest BCUT2D eigenvalue weighted by molar-refractivity contribution is 9.10. The Kier molecular flexibility index (Phi) is 3.93. The van der Waals surface area contributed by atoms with Gasteiger partial charge >= 0.3 is 0 Å². The quantitative estimate of drug-likeness (QED) is 0.840. The molecule has 0 radical (unpaired) electrons. The number of hydrogen-bond donors (Lipinski definition) is 1. The van der Waals surface area contributed by atoms with Crippen LogP contribution in [0.2, 0.25) is 0 Å². The van der Waals surface area contributed by atoms with Crippen LogP contribution in [0.5, 0.6) is 5.75 Å². The van der Waals surface area contributed by atoms with Crippen molar-refractivity contribution in [2.75, 3.05) is 12.8 Å². The van der Waals surface area contributed by atoms with E-state index in [9.17, 15) is 0 Å². The first-order chi connectivity index (χ1) is 10.1. The molecule has 1 heterocycles. The lowest BCUT2D eigenvalue weighted by Gasteiger charge is -2.17. The zero-order valence-corrected chi connectivity index (χ0v) is 14.0. The fourth-order valence-corrected chi connectivity index (χ4v) is 3.89. The Labute approximate surface area is 133 Å². The summed E-state index contributed by atoms with van der Waals surface area (Å²) in [6.07, 6.45) is 7.80. The Morgan fingerprint density at radius 3 is 2.67 bits per heavy atom. The minimum atomic E-state index is 0.661. The Balaban J connectivity index is 2.23. The number of benzene rings is 1. The van der Waals surface area contributed by atoms with Gasteiger partial charge in [-0.05, 0) is 58.8 Å². The first-order valence-corrected chi connectivity index (χ1v) is 8.09. The molecule has 0 amide bonds. The summed E-state index contributed by atoms with van der Waals surface area (Å²) in [7, 11) is 3.56. The van der Waals surface area contributed by atoms with Crippen molar-refractivity contribution in [1.29, 1.82) is 0 Å². The highest BCUT2D eigenvalue weighted by atomic mass is 79.9. The van der Waals surface area contributed by atoms with E-state index in [0.717, 1.165) is 34.2 Å². The molecule has 0 spiro atoms. The maximum absolute atomic E-state index is 6.14. The normalized spacial score (nSPS) is 14.6. The number of nitrogen functional groups attached to an aromatic ring is 1. The maximum Gasteiger partial charge on any atom is 0.141 e. The van der Waals surface area contributed by atoms with Crippen molar-refractivity contribution in [3.63, 3.8) is 0 Å². The molecule has 0 fully saturated rings. The lowest BCUT2D eigenvalue weighted by atomic mass is 9.96. The van der Waals surface area contributed by atoms with Crippen molar-refractivity contribution in [3.8, 4) is 16.9 Å². The predicted molar refractivity (Wildman–Crippen MR) is 88.6 cm³/mol. The van der Waals surface area contributed by atoms with Crippen LogP contribution < -0.4 is 10.5 Å². The molecule has 0 saturated carbocycles. The van der Waals surface area contributed by atoms with Crippen molar-refractivity contribution in [2.24, 2.45) is 7.05 Å². The number of nitrogens with two attached hydrogens (primary N) is 1. The van der Waals surface area contributed by atoms with E-state index in [-0.39, 0.29) is 0 Å². The number of aromatic nitrogens is 2. The Morgan fingerprint density at radius 1 is 1.24 bits per heavy atom. The second-order valence-corrected chi connectivity index (χ2v) is 6.33. The largest absolute Gasteiger partial charge is 0.495 e. The number of halogens is 1. The summed E-state index contributed by atoms with van der Waals surface area (Å²) in [4.78, 5) is 0. The number of aryl methyl sites for hydroxylation is 2. The van der Waals surface area contributed by atoms with Gasteiger partial charge in [-0.25, -0.2) is 0 Å². The lowest BCUT2D eigenvalue weighted by Crippen LogP contribution is -2.01. The van der Waals surface area contributed by atoms with Crippen LogP contribution in [0.25, 0.3) is 11.1 Å². The van der Waals surface area contributed by atoms with Gasteiger partial charge in [-0.15, -0.1) is 0 Å². The number of nitrogens with zero attached hydrogens (tertiary/aromatic N) is 2. The third-order valence-corrected chi connectivity index (χ3v) is 5.11. The number of rotatable bonds is 2. The molecule has 1 aromatic heterocycles. The molecule has 2 aromatic rings. The SMILES string of the molecule is COc1c(-c2cnn(C)c2N)cc2c(c1Br)CCCCC2. The van der Waals surface area contributed by atoms with E-state index >= 15 is 0 Å². The second kappa shape index (κ2) is 5.72. The molecule has 1 aliphatic rings. The van der Waals surface area contributed by atoms with Crippen LogP contribution in [-0.2, 0) is 19.9 Å². The molecule has 112 valence electrons. The first kappa shape index (κ1) is 14.4. The van der Waals surface area contributed by atoms with E-state index in [1.807, 2.05) is 13.2 Å². The monoisotopic (exact) mass is 349 g/mol. The summed E-state index contributed by atoms with van der Waals surface area (Å²) < 4.78 is 8.42. The van der Waals surface area contributed by atoms with Gasteiger partial charge in [-0.2, -0.15) is 5.10 Å². The summed E-state index contributed by atoms with van der Waals surface area (Å²) in [6.45, 7) is 0. The summed E-state index contributed by atoms with van der Waals surface area (Å²) >= 11 is 3.75. The lowest BCUT2D eigenvalue weighted by molar-refractivity contribution is 0.413. The van der Waals surface area contributed by atoms with Crippen LogP contribution in [0.1, 0.15) is 30.4 Å². The minimum absolute atomic E-state index is 0.661. The van der Waals surface area contributed by atoms with Gasteiger partial charge in [0.15, 0.2) is 0 Å². The molecule has 4 nitrogen and oxygen atoms in total. The smallest absolute Gasteiger partial charge is 0.141 e. The zero-order chi connectivity index (χ0) is 15.0. The second-order valence-electron chi connectivity index (χ2n) is 5.54. The Hall–Kier alpha value is -1.49. The van der Waals surface area contributed by atoms with Gasteiger partial charge in [-0.3, -0.25) is 4.68 Å². The molecule has 5 heteroatoms. The van der Waals surface area contributed by atoms with Gasteiger partial charge in [0.2, 0.25) is 0 Å². The third kappa shape index (κ3) is 2.44. The van der Waals surface area contributed by atoms with Crippen LogP contribution in [-0.4, -0.2) is 16.9 Å². The molecule has 1 aliphatic carbocycles. The molecule has 0 bridgehead atoms. The third-order valence-electron chi connectivity index (χ3n) is 4.27. The summed E-state index contributed by atoms with van der Waals surface area (Å²) in [5.41, 5.74) is 10.9. The number of hydrogen-bond acceptors (Lipinski definition) is 3. The topological polar surface area (TPSA) is 53.1 Å². The molecule has 0 aliphatic heterocycles. The van der Waals surface area contributed by atoms with Gasteiger partial charge in [-0.1, -0.05) is 6.42 Å². The van der Waals surface area contributed by atoms with Crippen molar-refractivity contribution in [2.45, 2.75) is 32.1 Å². The van der Waals surface area contributed by atoms with E-state index in [0.29, 0.717) is 5.82 Å². The predicted octanol–water partition coefficient (Wildman–Crippen LogP) is 3.71. The van der Waals surface area contributed by atoms with Crippen molar-refractivity contribution < 1.29 is 4.74 Å². The fourth-order valence-electron chi connectivity index (χ4n) is 3.06. The molecule has 2 N–H and O–H groups in total. The van der Waals surface area contributed by atoms with Gasteiger partial charge in [0.1, 0.15) is 11.6 Å². The van der Waals surface area contributed by atoms with Crippen LogP contribution in [0.3, 0.4) is 0 Å². The molecular weight excluding hydrogens is 330 g/mol. The van der Waals surface area contributed by atoms with Gasteiger partial charge in [0.05, 0.1) is 17.8 Å². The molecular formula is C16H20BrN3O. The number of anilines is 1. The Morgan fingerprint density at radius 2 is 2.00 bits per heavy atom. The van der Waals surface area contributed by atoms with E-state index in [1.165, 1.54) is 30.4 Å². The minimum Gasteiger partial charge on any atom is -0.495 e. The van der Waals surface area contributed by atoms with Gasteiger partial charge in [0, 0.05) is 18.2 Å². The van der Waals surface area contributed by atoms with Crippen molar-refractivity contribution in [1.82, 2.24) is 9.78 Å². The first-order valence-electron chi connectivity index (χ1n) is 7.29. The summed E-state index contributed by atoms with van der Waals surface area (Å²) in [5.74, 6) is 1.52. The standard InChI is InChI=1S/C16H20BrN3O/c1-20-16(18)13(9-19-20)12-8-10-6-4-3-5-7-11(10)14(17)15(12)21-2/h8-9H,3-7,18H2,1-2H3. The zero-order valence-electron chi connectivity index (χ0n) is 12.4. The van der Waals surface area contributed by atoms with Gasteiger partial charge < -0.3 is 10.5 Å². The van der Waals surface area contributed by atoms with Crippen LogP contribution in [0, 0.1) is 0 Å². The fraction of sp³-hybridized carbons (Fsp3) is 0.438. The average molecular weight is 350 g/mol. The van der Waals surface area contributed by atoms with Crippen molar-refractivity contribution in [3.05, 3.63) is 27.9 Å². The van der Waals surface area contributed by atoms with Crippen LogP contribution >= 0.6 is 15.9 Å². The van der Waals surface area contributed by atoms with E-state index in [2.05, 4.69) is 27.1 Å². The van der Waals surface area contributed by atoms with Crippen LogP contribution in [0.15, 0.2) is 16.7 Å². The van der Waals surface area contributed by atoms with Crippen LogP contribution in [0.4, 0.5) is 5.82 Å². The molecule has 21 heavy (non-hydrogen) atoms. The van der Waals surface area contributed by atoms with E-state index in [4.69, 9.17) is 10.5 Å². The molecule has 3 rings (SSSR count). The summed E-state index contributed by atoms with van der Waals surface area (Å²) in [6, 6.07) is 2.23. The highest BCUT2D eigenvalue weighted by Crippen LogP contribution is 2.43.